The Balaban J connectivity index is 1.90. The molecule has 1 aromatic rings. The third-order valence-corrected chi connectivity index (χ3v) is 4.65. The molecule has 2 heterocycles. The van der Waals surface area contributed by atoms with Gasteiger partial charge in [-0.05, 0) is 6.92 Å². The van der Waals surface area contributed by atoms with Crippen LogP contribution in [0.2, 0.25) is 0 Å². The van der Waals surface area contributed by atoms with Crippen molar-refractivity contribution in [1.82, 2.24) is 24.2 Å². The summed E-state index contributed by atoms with van der Waals surface area (Å²) in [6, 6.07) is 0. The van der Waals surface area contributed by atoms with Crippen LogP contribution >= 0.6 is 0 Å². The van der Waals surface area contributed by atoms with Crippen LogP contribution < -0.4 is 0 Å². The van der Waals surface area contributed by atoms with Gasteiger partial charge in [-0.1, -0.05) is 5.21 Å². The van der Waals surface area contributed by atoms with Crippen molar-refractivity contribution in [2.24, 2.45) is 0 Å². The molecule has 0 aliphatic carbocycles. The third-order valence-electron chi connectivity index (χ3n) is 3.34. The SMILES string of the molecule is CC(O)c1cn(CC(=O)N2CCN(S(C)(=O)=O)CC2)nn1. The Kier molecular flexibility index (Phi) is 4.59. The van der Waals surface area contributed by atoms with Crippen molar-refractivity contribution in [1.29, 1.82) is 0 Å². The number of aliphatic hydroxyl groups excluding tert-OH is 1. The molecule has 2 rings (SSSR count). The van der Waals surface area contributed by atoms with Crippen LogP contribution in [0.4, 0.5) is 0 Å². The summed E-state index contributed by atoms with van der Waals surface area (Å²) in [5.74, 6) is -0.148. The van der Waals surface area contributed by atoms with Gasteiger partial charge < -0.3 is 10.0 Å². The molecule has 0 aromatic carbocycles. The number of piperazine rings is 1. The number of rotatable bonds is 4. The summed E-state index contributed by atoms with van der Waals surface area (Å²) in [5, 5.41) is 16.9. The Morgan fingerprint density at radius 2 is 2.00 bits per heavy atom. The van der Waals surface area contributed by atoms with Gasteiger partial charge in [0.15, 0.2) is 0 Å². The first-order valence-electron chi connectivity index (χ1n) is 6.58. The van der Waals surface area contributed by atoms with E-state index in [1.165, 1.54) is 15.2 Å². The van der Waals surface area contributed by atoms with E-state index in [0.29, 0.717) is 31.9 Å². The van der Waals surface area contributed by atoms with Crippen LogP contribution in [-0.4, -0.2) is 76.1 Å². The van der Waals surface area contributed by atoms with E-state index in [1.54, 1.807) is 11.8 Å². The van der Waals surface area contributed by atoms with Crippen LogP contribution in [0.1, 0.15) is 18.7 Å². The van der Waals surface area contributed by atoms with Gasteiger partial charge in [0.05, 0.1) is 18.6 Å². The highest BCUT2D eigenvalue weighted by Crippen LogP contribution is 2.09. The van der Waals surface area contributed by atoms with E-state index in [2.05, 4.69) is 10.3 Å². The van der Waals surface area contributed by atoms with Gasteiger partial charge in [0, 0.05) is 26.2 Å². The third kappa shape index (κ3) is 3.99. The number of aromatic nitrogens is 3. The fourth-order valence-electron chi connectivity index (χ4n) is 2.09. The molecule has 1 aromatic heterocycles. The van der Waals surface area contributed by atoms with E-state index in [9.17, 15) is 18.3 Å². The van der Waals surface area contributed by atoms with Crippen LogP contribution in [0, 0.1) is 0 Å². The summed E-state index contributed by atoms with van der Waals surface area (Å²) in [7, 11) is -3.20. The monoisotopic (exact) mass is 317 g/mol. The molecule has 1 unspecified atom stereocenters. The summed E-state index contributed by atoms with van der Waals surface area (Å²) in [4.78, 5) is 13.7. The molecule has 1 aliphatic rings. The predicted octanol–water partition coefficient (Wildman–Crippen LogP) is -1.56. The summed E-state index contributed by atoms with van der Waals surface area (Å²) in [5.41, 5.74) is 0.407. The van der Waals surface area contributed by atoms with E-state index < -0.39 is 16.1 Å². The van der Waals surface area contributed by atoms with Gasteiger partial charge >= 0.3 is 0 Å². The molecule has 0 radical (unpaired) electrons. The molecule has 0 saturated carbocycles. The first-order valence-corrected chi connectivity index (χ1v) is 8.43. The second-order valence-corrected chi connectivity index (χ2v) is 7.04. The van der Waals surface area contributed by atoms with E-state index in [1.807, 2.05) is 0 Å². The Morgan fingerprint density at radius 1 is 1.38 bits per heavy atom. The second-order valence-electron chi connectivity index (χ2n) is 5.06. The molecule has 1 amide bonds. The maximum absolute atomic E-state index is 12.1. The lowest BCUT2D eigenvalue weighted by Crippen LogP contribution is -2.51. The molecule has 1 atom stereocenters. The molecule has 0 spiro atoms. The van der Waals surface area contributed by atoms with Gasteiger partial charge in [-0.15, -0.1) is 5.10 Å². The molecular weight excluding hydrogens is 298 g/mol. The molecule has 118 valence electrons. The number of hydrogen-bond donors (Lipinski definition) is 1. The predicted molar refractivity (Wildman–Crippen MR) is 73.7 cm³/mol. The molecular formula is C11H19N5O4S. The summed E-state index contributed by atoms with van der Waals surface area (Å²) in [6.45, 7) is 2.94. The van der Waals surface area contributed by atoms with Crippen LogP contribution in [0.5, 0.6) is 0 Å². The average molecular weight is 317 g/mol. The first kappa shape index (κ1) is 15.9. The van der Waals surface area contributed by atoms with E-state index in [4.69, 9.17) is 0 Å². The van der Waals surface area contributed by atoms with E-state index in [-0.39, 0.29) is 12.5 Å². The number of carbonyl (C=O) groups is 1. The highest BCUT2D eigenvalue weighted by atomic mass is 32.2. The maximum atomic E-state index is 12.1. The van der Waals surface area contributed by atoms with Crippen molar-refractivity contribution in [3.63, 3.8) is 0 Å². The zero-order chi connectivity index (χ0) is 15.6. The smallest absolute Gasteiger partial charge is 0.244 e. The Labute approximate surface area is 123 Å². The minimum Gasteiger partial charge on any atom is -0.387 e. The highest BCUT2D eigenvalue weighted by Gasteiger charge is 2.26. The van der Waals surface area contributed by atoms with Crippen molar-refractivity contribution in [2.45, 2.75) is 19.6 Å². The molecule has 0 bridgehead atoms. The highest BCUT2D eigenvalue weighted by molar-refractivity contribution is 7.88. The number of amides is 1. The van der Waals surface area contributed by atoms with Crippen molar-refractivity contribution < 1.29 is 18.3 Å². The fraction of sp³-hybridized carbons (Fsp3) is 0.727. The number of carbonyl (C=O) groups excluding carboxylic acids is 1. The Hall–Kier alpha value is -1.52. The van der Waals surface area contributed by atoms with E-state index in [0.717, 1.165) is 6.26 Å². The van der Waals surface area contributed by atoms with Crippen LogP contribution in [0.25, 0.3) is 0 Å². The normalized spacial score (nSPS) is 18.7. The van der Waals surface area contributed by atoms with Crippen molar-refractivity contribution in [3.8, 4) is 0 Å². The van der Waals surface area contributed by atoms with Crippen LogP contribution in [-0.2, 0) is 21.4 Å². The Morgan fingerprint density at radius 3 is 2.48 bits per heavy atom. The molecule has 10 heteroatoms. The number of aliphatic hydroxyl groups is 1. The van der Waals surface area contributed by atoms with Gasteiger partial charge in [-0.2, -0.15) is 4.31 Å². The van der Waals surface area contributed by atoms with Crippen LogP contribution in [0.15, 0.2) is 6.20 Å². The van der Waals surface area contributed by atoms with Gasteiger partial charge in [0.25, 0.3) is 0 Å². The molecule has 1 fully saturated rings. The second kappa shape index (κ2) is 6.08. The molecule has 1 N–H and O–H groups in total. The first-order chi connectivity index (χ1) is 9.77. The molecule has 1 saturated heterocycles. The lowest BCUT2D eigenvalue weighted by molar-refractivity contribution is -0.133. The maximum Gasteiger partial charge on any atom is 0.244 e. The summed E-state index contributed by atoms with van der Waals surface area (Å²) in [6.07, 6.45) is 1.96. The quantitative estimate of drug-likeness (QED) is 0.719. The fourth-order valence-corrected chi connectivity index (χ4v) is 2.92. The largest absolute Gasteiger partial charge is 0.387 e. The standard InChI is InChI=1S/C11H19N5O4S/c1-9(17)10-7-15(13-12-10)8-11(18)14-3-5-16(6-4-14)21(2,19)20/h7,9,17H,3-6,8H2,1-2H3. The van der Waals surface area contributed by atoms with Gasteiger partial charge in [-0.25, -0.2) is 13.1 Å². The molecule has 21 heavy (non-hydrogen) atoms. The molecule has 1 aliphatic heterocycles. The summed E-state index contributed by atoms with van der Waals surface area (Å²) < 4.78 is 25.5. The molecule has 9 nitrogen and oxygen atoms in total. The van der Waals surface area contributed by atoms with Crippen molar-refractivity contribution in [3.05, 3.63) is 11.9 Å². The number of nitrogens with zero attached hydrogens (tertiary/aromatic N) is 5. The topological polar surface area (TPSA) is 109 Å². The van der Waals surface area contributed by atoms with Crippen LogP contribution in [0.3, 0.4) is 0 Å². The lowest BCUT2D eigenvalue weighted by Gasteiger charge is -2.33. The minimum atomic E-state index is -3.20. The van der Waals surface area contributed by atoms with Crippen molar-refractivity contribution in [2.75, 3.05) is 32.4 Å². The zero-order valence-electron chi connectivity index (χ0n) is 12.0. The zero-order valence-corrected chi connectivity index (χ0v) is 12.8. The summed E-state index contributed by atoms with van der Waals surface area (Å²) >= 11 is 0. The van der Waals surface area contributed by atoms with E-state index >= 15 is 0 Å². The van der Waals surface area contributed by atoms with Gasteiger partial charge in [0.2, 0.25) is 15.9 Å². The lowest BCUT2D eigenvalue weighted by atomic mass is 10.3. The Bertz CT molecular complexity index is 604. The minimum absolute atomic E-state index is 0.0264. The average Bonchev–Trinajstić information content (AvgIpc) is 2.86. The van der Waals surface area contributed by atoms with Gasteiger partial charge in [-0.3, -0.25) is 4.79 Å². The number of sulfonamides is 1. The van der Waals surface area contributed by atoms with Gasteiger partial charge in [0.1, 0.15) is 12.2 Å². The number of hydrogen-bond acceptors (Lipinski definition) is 6. The van der Waals surface area contributed by atoms with Crippen molar-refractivity contribution >= 4 is 15.9 Å².